The average molecular weight is 619 g/mol. The second kappa shape index (κ2) is 20.4. The number of hydrogen-bond donors (Lipinski definition) is 3. The maximum absolute atomic E-state index is 12.2. The van der Waals surface area contributed by atoms with Crippen LogP contribution in [0, 0.1) is 10.1 Å². The summed E-state index contributed by atoms with van der Waals surface area (Å²) in [5.41, 5.74) is -0.0584. The van der Waals surface area contributed by atoms with Crippen LogP contribution in [0.15, 0.2) is 23.4 Å². The number of amides is 2. The first kappa shape index (κ1) is 36.6. The number of hydrogen-bond acceptors (Lipinski definition) is 12. The molecule has 0 saturated carbocycles. The number of nitrogens with one attached hydrogen (secondary N) is 2. The summed E-state index contributed by atoms with van der Waals surface area (Å²) in [6, 6.07) is 3.01. The van der Waals surface area contributed by atoms with E-state index in [4.69, 9.17) is 14.2 Å². The van der Waals surface area contributed by atoms with E-state index >= 15 is 0 Å². The van der Waals surface area contributed by atoms with Gasteiger partial charge in [-0.1, -0.05) is 17.7 Å². The van der Waals surface area contributed by atoms with Gasteiger partial charge in [0.05, 0.1) is 17.6 Å². The fraction of sp³-hybridized carbons (Fsp3) is 0.692. The number of carbonyl (C=O) groups excluding carboxylic acids is 3. The highest BCUT2D eigenvalue weighted by atomic mass is 33.1. The Balaban J connectivity index is 2.12. The van der Waals surface area contributed by atoms with Gasteiger partial charge in [-0.15, -0.1) is 0 Å². The predicted molar refractivity (Wildman–Crippen MR) is 156 cm³/mol. The van der Waals surface area contributed by atoms with E-state index in [1.165, 1.54) is 30.2 Å². The van der Waals surface area contributed by atoms with Crippen molar-refractivity contribution in [2.75, 3.05) is 33.4 Å². The predicted octanol–water partition coefficient (Wildman–Crippen LogP) is 3.38. The molecule has 2 atom stereocenters. The van der Waals surface area contributed by atoms with E-state index in [1.807, 2.05) is 20.8 Å². The van der Waals surface area contributed by atoms with Crippen molar-refractivity contribution < 1.29 is 38.6 Å². The Kier molecular flexibility index (Phi) is 18.2. The van der Waals surface area contributed by atoms with Crippen LogP contribution in [0.1, 0.15) is 65.7 Å². The third kappa shape index (κ3) is 17.2. The summed E-state index contributed by atoms with van der Waals surface area (Å²) in [5.74, 6) is -0.731. The Labute approximate surface area is 248 Å². The van der Waals surface area contributed by atoms with Crippen molar-refractivity contribution in [3.05, 3.63) is 28.4 Å². The molecule has 0 aliphatic heterocycles. The summed E-state index contributed by atoms with van der Waals surface area (Å²) >= 11 is 0. The number of nitro groups is 1. The summed E-state index contributed by atoms with van der Waals surface area (Å²) < 4.78 is 15.5. The van der Waals surface area contributed by atoms with Gasteiger partial charge in [0.1, 0.15) is 17.8 Å². The molecule has 1 rings (SSSR count). The van der Waals surface area contributed by atoms with Gasteiger partial charge in [-0.25, -0.2) is 4.98 Å². The van der Waals surface area contributed by atoms with Crippen molar-refractivity contribution in [2.24, 2.45) is 0 Å². The van der Waals surface area contributed by atoms with Crippen molar-refractivity contribution in [3.8, 4) is 0 Å². The zero-order chi connectivity index (χ0) is 30.7. The number of ether oxygens (including phenoxy) is 3. The zero-order valence-electron chi connectivity index (χ0n) is 24.1. The normalized spacial score (nSPS) is 12.8. The van der Waals surface area contributed by atoms with E-state index in [1.54, 1.807) is 16.9 Å². The summed E-state index contributed by atoms with van der Waals surface area (Å²) in [7, 11) is 4.38. The highest BCUT2D eigenvalue weighted by Gasteiger charge is 2.21. The molecule has 1 heterocycles. The molecule has 2 amide bonds. The Hall–Kier alpha value is -2.46. The second-order valence-corrected chi connectivity index (χ2v) is 12.5. The van der Waals surface area contributed by atoms with E-state index in [0.29, 0.717) is 50.2 Å². The number of aliphatic hydroxyl groups excluding tert-OH is 1. The fourth-order valence-electron chi connectivity index (χ4n) is 3.13. The van der Waals surface area contributed by atoms with E-state index in [0.717, 1.165) is 0 Å². The molecular formula is C26H42N4O9S2. The van der Waals surface area contributed by atoms with Crippen LogP contribution in [0.25, 0.3) is 0 Å². The molecule has 0 aromatic carbocycles. The molecule has 3 N–H and O–H groups in total. The lowest BCUT2D eigenvalue weighted by Crippen LogP contribution is -2.31. The third-order valence-corrected chi connectivity index (χ3v) is 8.93. The number of aromatic nitrogens is 1. The highest BCUT2D eigenvalue weighted by molar-refractivity contribution is 8.77. The van der Waals surface area contributed by atoms with Gasteiger partial charge in [0, 0.05) is 50.3 Å². The smallest absolute Gasteiger partial charge is 0.305 e. The standard InChI is InChI=1S/C26H42N4O9S2/c1-5-20(17-31)39-25(37-4)18-38-24(34)9-6-8-21(32)27-14-7-15-28-22(33)12-13-26(2,3)41-40-23-11-10-19(16-29-23)30(35)36/h10-11,16,20,25,31H,5-9,12-15,17-18H2,1-4H3,(H,27,32)(H,28,33). The van der Waals surface area contributed by atoms with Crippen molar-refractivity contribution in [2.45, 2.75) is 87.9 Å². The quantitative estimate of drug-likeness (QED) is 0.0431. The van der Waals surface area contributed by atoms with Crippen LogP contribution < -0.4 is 10.6 Å². The maximum atomic E-state index is 12.2. The number of rotatable bonds is 22. The first-order valence-electron chi connectivity index (χ1n) is 13.4. The van der Waals surface area contributed by atoms with Gasteiger partial charge in [0.25, 0.3) is 5.69 Å². The molecule has 15 heteroatoms. The van der Waals surface area contributed by atoms with Crippen LogP contribution >= 0.6 is 21.6 Å². The van der Waals surface area contributed by atoms with Crippen molar-refractivity contribution in [1.29, 1.82) is 0 Å². The van der Waals surface area contributed by atoms with Gasteiger partial charge in [0.2, 0.25) is 11.8 Å². The lowest BCUT2D eigenvalue weighted by molar-refractivity contribution is -0.385. The van der Waals surface area contributed by atoms with E-state index in [-0.39, 0.29) is 48.3 Å². The van der Waals surface area contributed by atoms with Gasteiger partial charge >= 0.3 is 5.97 Å². The Morgan fingerprint density at radius 1 is 1.12 bits per heavy atom. The van der Waals surface area contributed by atoms with Crippen LogP contribution in [0.2, 0.25) is 0 Å². The number of carbonyl (C=O) groups is 3. The van der Waals surface area contributed by atoms with Gasteiger partial charge < -0.3 is 30.0 Å². The molecule has 232 valence electrons. The van der Waals surface area contributed by atoms with Gasteiger partial charge in [0.15, 0.2) is 6.29 Å². The Morgan fingerprint density at radius 3 is 2.37 bits per heavy atom. The van der Waals surface area contributed by atoms with Crippen molar-refractivity contribution in [1.82, 2.24) is 15.6 Å². The van der Waals surface area contributed by atoms with Crippen LogP contribution in [0.5, 0.6) is 0 Å². The van der Waals surface area contributed by atoms with Crippen molar-refractivity contribution in [3.63, 3.8) is 0 Å². The molecule has 0 fully saturated rings. The second-order valence-electron chi connectivity index (χ2n) is 9.64. The zero-order valence-corrected chi connectivity index (χ0v) is 25.7. The largest absolute Gasteiger partial charge is 0.460 e. The summed E-state index contributed by atoms with van der Waals surface area (Å²) in [4.78, 5) is 50.4. The van der Waals surface area contributed by atoms with Crippen molar-refractivity contribution >= 4 is 45.1 Å². The molecule has 0 saturated heterocycles. The van der Waals surface area contributed by atoms with Crippen LogP contribution in [-0.4, -0.2) is 83.4 Å². The van der Waals surface area contributed by atoms with E-state index in [9.17, 15) is 29.6 Å². The molecule has 0 bridgehead atoms. The molecule has 1 aromatic heterocycles. The Morgan fingerprint density at radius 2 is 1.80 bits per heavy atom. The van der Waals surface area contributed by atoms with Crippen LogP contribution in [0.4, 0.5) is 5.69 Å². The van der Waals surface area contributed by atoms with E-state index < -0.39 is 23.3 Å². The number of pyridine rings is 1. The number of methoxy groups -OCH3 is 1. The Bertz CT molecular complexity index is 947. The molecule has 0 spiro atoms. The van der Waals surface area contributed by atoms with Gasteiger partial charge in [-0.2, -0.15) is 0 Å². The topological polar surface area (TPSA) is 179 Å². The molecule has 0 aliphatic carbocycles. The molecule has 41 heavy (non-hydrogen) atoms. The summed E-state index contributed by atoms with van der Waals surface area (Å²) in [5, 5.41) is 26.2. The third-order valence-electron chi connectivity index (χ3n) is 5.67. The van der Waals surface area contributed by atoms with Gasteiger partial charge in [-0.3, -0.25) is 24.5 Å². The number of esters is 1. The monoisotopic (exact) mass is 618 g/mol. The minimum Gasteiger partial charge on any atom is -0.460 e. The lowest BCUT2D eigenvalue weighted by Gasteiger charge is -2.22. The average Bonchev–Trinajstić information content (AvgIpc) is 2.95. The molecule has 1 aromatic rings. The highest BCUT2D eigenvalue weighted by Crippen LogP contribution is 2.42. The maximum Gasteiger partial charge on any atom is 0.305 e. The van der Waals surface area contributed by atoms with Crippen LogP contribution in [-0.2, 0) is 28.6 Å². The van der Waals surface area contributed by atoms with E-state index in [2.05, 4.69) is 15.6 Å². The number of nitrogens with zero attached hydrogens (tertiary/aromatic N) is 2. The first-order valence-corrected chi connectivity index (χ1v) is 15.6. The molecule has 2 unspecified atom stereocenters. The molecule has 0 radical (unpaired) electrons. The summed E-state index contributed by atoms with van der Waals surface area (Å²) in [6.07, 6.45) is 2.78. The first-order chi connectivity index (χ1) is 19.5. The minimum absolute atomic E-state index is 0.0584. The molecule has 0 aliphatic rings. The number of aliphatic hydroxyl groups is 1. The lowest BCUT2D eigenvalue weighted by atomic mass is 10.1. The van der Waals surface area contributed by atoms with Crippen LogP contribution in [0.3, 0.4) is 0 Å². The van der Waals surface area contributed by atoms with Gasteiger partial charge in [-0.05, 0) is 56.4 Å². The summed E-state index contributed by atoms with van der Waals surface area (Å²) in [6.45, 7) is 6.47. The molecular weight excluding hydrogens is 576 g/mol. The minimum atomic E-state index is -0.767. The SMILES string of the molecule is CCC(CO)OC(COC(=O)CCCC(=O)NCCCNC(=O)CCC(C)(C)SSc1ccc([N+](=O)[O-])cn1)OC. The fourth-order valence-corrected chi connectivity index (χ4v) is 5.33. The molecule has 13 nitrogen and oxygen atoms in total.